The standard InChI is InChI=1S/C25H23ClFN5O/c1-32(30-25(33)18-6-2-4-8-20(18)27)14-12-31(13-15-32)24-19-7-3-5-9-21(19)28-22-11-10-17(26)16-23(22)29-24/h2-11,16H,12-15H2,1H3,(H-,28,29,30,33)/p+1. The lowest BCUT2D eigenvalue weighted by molar-refractivity contribution is -0.946. The molecule has 33 heavy (non-hydrogen) atoms. The number of amides is 1. The highest BCUT2D eigenvalue weighted by Crippen LogP contribution is 2.36. The van der Waals surface area contributed by atoms with E-state index in [4.69, 9.17) is 16.6 Å². The van der Waals surface area contributed by atoms with E-state index >= 15 is 0 Å². The first-order valence-corrected chi connectivity index (χ1v) is 11.2. The lowest BCUT2D eigenvalue weighted by atomic mass is 10.1. The quantitative estimate of drug-likeness (QED) is 0.539. The number of piperazine rings is 1. The van der Waals surface area contributed by atoms with Crippen molar-refractivity contribution in [3.63, 3.8) is 0 Å². The van der Waals surface area contributed by atoms with E-state index in [9.17, 15) is 9.18 Å². The van der Waals surface area contributed by atoms with Crippen molar-refractivity contribution in [3.8, 4) is 0 Å². The van der Waals surface area contributed by atoms with Crippen molar-refractivity contribution >= 4 is 40.4 Å². The number of quaternary nitrogens is 1. The van der Waals surface area contributed by atoms with Gasteiger partial charge in [-0.15, -0.1) is 0 Å². The lowest BCUT2D eigenvalue weighted by Crippen LogP contribution is -2.65. The van der Waals surface area contributed by atoms with Crippen molar-refractivity contribution in [2.75, 3.05) is 38.5 Å². The highest BCUT2D eigenvalue weighted by atomic mass is 35.5. The van der Waals surface area contributed by atoms with Crippen molar-refractivity contribution in [1.82, 2.24) is 10.3 Å². The summed E-state index contributed by atoms with van der Waals surface area (Å²) in [5.41, 5.74) is 6.72. The average Bonchev–Trinajstić information content (AvgIpc) is 2.96. The van der Waals surface area contributed by atoms with Crippen LogP contribution < -0.4 is 10.7 Å². The van der Waals surface area contributed by atoms with Crippen LogP contribution in [-0.4, -0.2) is 54.5 Å². The van der Waals surface area contributed by atoms with Gasteiger partial charge in [-0.25, -0.2) is 14.0 Å². The minimum absolute atomic E-state index is 0.0564. The Kier molecular flexibility index (Phi) is 5.52. The lowest BCUT2D eigenvalue weighted by Gasteiger charge is -2.42. The maximum Gasteiger partial charge on any atom is 0.298 e. The molecule has 0 atom stereocenters. The Labute approximate surface area is 196 Å². The molecule has 2 heterocycles. The van der Waals surface area contributed by atoms with E-state index in [1.807, 2.05) is 43.4 Å². The van der Waals surface area contributed by atoms with Gasteiger partial charge in [-0.05, 0) is 42.5 Å². The molecule has 2 N–H and O–H groups in total. The van der Waals surface area contributed by atoms with Crippen LogP contribution in [0.4, 0.5) is 21.5 Å². The first-order chi connectivity index (χ1) is 15.9. The summed E-state index contributed by atoms with van der Waals surface area (Å²) >= 11 is 6.24. The third kappa shape index (κ3) is 4.29. The molecule has 0 unspecified atom stereocenters. The summed E-state index contributed by atoms with van der Waals surface area (Å²) in [5.74, 6) is -0.0609. The fraction of sp³-hybridized carbons (Fsp3) is 0.200. The molecule has 5 rings (SSSR count). The summed E-state index contributed by atoms with van der Waals surface area (Å²) in [4.78, 5) is 19.9. The minimum atomic E-state index is -0.519. The molecular formula is C25H24ClFN5O+. The number of amidine groups is 1. The summed E-state index contributed by atoms with van der Waals surface area (Å²) in [5, 5.41) is 4.10. The Hall–Kier alpha value is -3.42. The van der Waals surface area contributed by atoms with Crippen LogP contribution in [-0.2, 0) is 0 Å². The van der Waals surface area contributed by atoms with Crippen molar-refractivity contribution < 1.29 is 13.8 Å². The number of fused-ring (bicyclic) bond motifs is 2. The summed E-state index contributed by atoms with van der Waals surface area (Å²) in [6.07, 6.45) is 0. The molecule has 0 radical (unpaired) electrons. The molecule has 0 spiro atoms. The predicted molar refractivity (Wildman–Crippen MR) is 129 cm³/mol. The number of hydrogen-bond acceptors (Lipinski definition) is 4. The van der Waals surface area contributed by atoms with Crippen molar-refractivity contribution in [3.05, 3.63) is 88.7 Å². The Balaban J connectivity index is 1.39. The van der Waals surface area contributed by atoms with Crippen LogP contribution in [0.2, 0.25) is 5.02 Å². The molecule has 1 saturated heterocycles. The van der Waals surface area contributed by atoms with E-state index < -0.39 is 11.7 Å². The second kappa shape index (κ2) is 8.50. The van der Waals surface area contributed by atoms with Crippen LogP contribution in [0.1, 0.15) is 15.9 Å². The van der Waals surface area contributed by atoms with Gasteiger partial charge in [-0.1, -0.05) is 35.9 Å². The number of halogens is 2. The molecule has 0 bridgehead atoms. The number of nitrogens with one attached hydrogen (secondary N) is 2. The van der Waals surface area contributed by atoms with Crippen LogP contribution in [0.3, 0.4) is 0 Å². The largest absolute Gasteiger partial charge is 0.353 e. The molecule has 168 valence electrons. The second-order valence-electron chi connectivity index (χ2n) is 8.52. The number of aliphatic imine (C=N–C) groups is 1. The van der Waals surface area contributed by atoms with Crippen molar-refractivity contribution in [2.45, 2.75) is 0 Å². The van der Waals surface area contributed by atoms with Crippen LogP contribution in [0, 0.1) is 5.82 Å². The molecule has 0 aliphatic carbocycles. The molecule has 2 aliphatic rings. The molecule has 0 aromatic heterocycles. The van der Waals surface area contributed by atoms with Crippen LogP contribution in [0.5, 0.6) is 0 Å². The summed E-state index contributed by atoms with van der Waals surface area (Å²) in [6, 6.07) is 19.8. The van der Waals surface area contributed by atoms with Gasteiger partial charge in [0.15, 0.2) is 0 Å². The minimum Gasteiger partial charge on any atom is -0.353 e. The Morgan fingerprint density at radius 3 is 2.58 bits per heavy atom. The number of carbonyl (C=O) groups is 1. The van der Waals surface area contributed by atoms with Crippen LogP contribution in [0.15, 0.2) is 71.7 Å². The third-order valence-corrected chi connectivity index (χ3v) is 6.37. The van der Waals surface area contributed by atoms with Gasteiger partial charge in [0.1, 0.15) is 24.7 Å². The second-order valence-corrected chi connectivity index (χ2v) is 8.95. The number of carbonyl (C=O) groups excluding carboxylic acids is 1. The molecule has 3 aromatic rings. The zero-order valence-electron chi connectivity index (χ0n) is 18.2. The number of nitrogens with zero attached hydrogens (tertiary/aromatic N) is 3. The number of benzene rings is 3. The van der Waals surface area contributed by atoms with Gasteiger partial charge in [0.05, 0.1) is 37.1 Å². The van der Waals surface area contributed by atoms with Gasteiger partial charge in [0.2, 0.25) is 0 Å². The SMILES string of the molecule is C[N+]1(NC(=O)c2ccccc2F)CCN(C2=Nc3cc(Cl)ccc3Nc3ccccc32)CC1. The molecular weight excluding hydrogens is 441 g/mol. The predicted octanol–water partition coefficient (Wildman–Crippen LogP) is 4.72. The van der Waals surface area contributed by atoms with Gasteiger partial charge in [-0.3, -0.25) is 4.79 Å². The number of hydrogen-bond donors (Lipinski definition) is 2. The van der Waals surface area contributed by atoms with E-state index in [-0.39, 0.29) is 5.56 Å². The van der Waals surface area contributed by atoms with E-state index in [1.54, 1.807) is 12.1 Å². The normalized spacial score (nSPS) is 16.6. The number of likely N-dealkylation sites (N-methyl/N-ethyl adjacent to an activating group) is 1. The fourth-order valence-corrected chi connectivity index (χ4v) is 4.40. The molecule has 3 aromatic carbocycles. The smallest absolute Gasteiger partial charge is 0.298 e. The number of rotatable bonds is 2. The number of para-hydroxylation sites is 1. The fourth-order valence-electron chi connectivity index (χ4n) is 4.23. The zero-order valence-corrected chi connectivity index (χ0v) is 18.9. The van der Waals surface area contributed by atoms with E-state index in [1.165, 1.54) is 12.1 Å². The summed E-state index contributed by atoms with van der Waals surface area (Å²) < 4.78 is 14.4. The van der Waals surface area contributed by atoms with Gasteiger partial charge in [0.25, 0.3) is 5.91 Å². The first kappa shape index (κ1) is 21.4. The number of anilines is 2. The van der Waals surface area contributed by atoms with Crippen LogP contribution in [0.25, 0.3) is 0 Å². The van der Waals surface area contributed by atoms with E-state index in [0.717, 1.165) is 28.5 Å². The van der Waals surface area contributed by atoms with Gasteiger partial charge in [-0.2, -0.15) is 5.43 Å². The maximum absolute atomic E-state index is 14.0. The van der Waals surface area contributed by atoms with Gasteiger partial charge in [0, 0.05) is 16.3 Å². The third-order valence-electron chi connectivity index (χ3n) is 6.14. The van der Waals surface area contributed by atoms with Crippen molar-refractivity contribution in [2.24, 2.45) is 4.99 Å². The Morgan fingerprint density at radius 1 is 1.06 bits per heavy atom. The van der Waals surface area contributed by atoms with Gasteiger partial charge >= 0.3 is 0 Å². The summed E-state index contributed by atoms with van der Waals surface area (Å²) in [7, 11) is 1.95. The van der Waals surface area contributed by atoms with Crippen LogP contribution >= 0.6 is 11.6 Å². The molecule has 1 fully saturated rings. The molecule has 8 heteroatoms. The Bertz CT molecular complexity index is 1250. The zero-order chi connectivity index (χ0) is 23.0. The molecule has 0 saturated carbocycles. The summed E-state index contributed by atoms with van der Waals surface area (Å²) in [6.45, 7) is 2.66. The Morgan fingerprint density at radius 2 is 1.79 bits per heavy atom. The topological polar surface area (TPSA) is 56.7 Å². The first-order valence-electron chi connectivity index (χ1n) is 10.8. The maximum atomic E-state index is 14.0. The highest BCUT2D eigenvalue weighted by molar-refractivity contribution is 6.31. The average molecular weight is 465 g/mol. The van der Waals surface area contributed by atoms with E-state index in [2.05, 4.69) is 21.7 Å². The molecule has 1 amide bonds. The highest BCUT2D eigenvalue weighted by Gasteiger charge is 2.34. The molecule has 6 nitrogen and oxygen atoms in total. The van der Waals surface area contributed by atoms with E-state index in [0.29, 0.717) is 35.8 Å². The van der Waals surface area contributed by atoms with Gasteiger partial charge < -0.3 is 10.2 Å². The van der Waals surface area contributed by atoms with Crippen molar-refractivity contribution in [1.29, 1.82) is 0 Å². The molecule has 2 aliphatic heterocycles. The monoisotopic (exact) mass is 464 g/mol.